The van der Waals surface area contributed by atoms with E-state index in [1.165, 1.54) is 4.90 Å². The van der Waals surface area contributed by atoms with Gasteiger partial charge in [-0.1, -0.05) is 17.7 Å². The third-order valence-corrected chi connectivity index (χ3v) is 4.17. The van der Waals surface area contributed by atoms with Gasteiger partial charge >= 0.3 is 18.2 Å². The lowest BCUT2D eigenvalue weighted by atomic mass is 10.1. The predicted molar refractivity (Wildman–Crippen MR) is 92.7 cm³/mol. The van der Waals surface area contributed by atoms with E-state index in [4.69, 9.17) is 16.3 Å². The number of ether oxygens (including phenoxy) is 1. The van der Waals surface area contributed by atoms with Gasteiger partial charge in [0.1, 0.15) is 6.10 Å². The highest BCUT2D eigenvalue weighted by molar-refractivity contribution is 6.30. The van der Waals surface area contributed by atoms with Crippen molar-refractivity contribution in [2.24, 2.45) is 0 Å². The zero-order valence-corrected chi connectivity index (χ0v) is 14.8. The van der Waals surface area contributed by atoms with Crippen LogP contribution in [0.1, 0.15) is 18.5 Å². The number of anilines is 1. The van der Waals surface area contributed by atoms with Crippen molar-refractivity contribution in [3.8, 4) is 6.01 Å². The molecular weight excluding hydrogens is 385 g/mol. The molecule has 2 heterocycles. The van der Waals surface area contributed by atoms with Crippen molar-refractivity contribution in [2.45, 2.75) is 25.1 Å². The van der Waals surface area contributed by atoms with Gasteiger partial charge in [0.25, 0.3) is 0 Å². The Kier molecular flexibility index (Phi) is 5.69. The van der Waals surface area contributed by atoms with Crippen molar-refractivity contribution in [1.82, 2.24) is 14.9 Å². The number of hydrogen-bond acceptors (Lipinski definition) is 4. The molecule has 0 bridgehead atoms. The van der Waals surface area contributed by atoms with E-state index in [-0.39, 0.29) is 18.6 Å². The van der Waals surface area contributed by atoms with Gasteiger partial charge in [-0.15, -0.1) is 0 Å². The molecule has 0 radical (unpaired) electrons. The number of amides is 2. The molecule has 6 nitrogen and oxygen atoms in total. The van der Waals surface area contributed by atoms with E-state index < -0.39 is 18.0 Å². The van der Waals surface area contributed by atoms with Crippen molar-refractivity contribution < 1.29 is 22.7 Å². The SMILES string of the molecule is O=C(Nc1cccc(Cl)c1)N1CCCC(Oc2nccc(C(F)(F)F)n2)C1. The molecule has 1 aliphatic rings. The summed E-state index contributed by atoms with van der Waals surface area (Å²) < 4.78 is 43.7. The number of carbonyl (C=O) groups is 1. The highest BCUT2D eigenvalue weighted by Crippen LogP contribution is 2.28. The summed E-state index contributed by atoms with van der Waals surface area (Å²) in [7, 11) is 0. The van der Waals surface area contributed by atoms with E-state index in [0.717, 1.165) is 12.3 Å². The molecular formula is C17H16ClF3N4O2. The quantitative estimate of drug-likeness (QED) is 0.837. The topological polar surface area (TPSA) is 67.4 Å². The van der Waals surface area contributed by atoms with E-state index in [1.54, 1.807) is 24.3 Å². The molecule has 1 N–H and O–H groups in total. The number of urea groups is 1. The van der Waals surface area contributed by atoms with E-state index in [1.807, 2.05) is 0 Å². The summed E-state index contributed by atoms with van der Waals surface area (Å²) >= 11 is 5.89. The van der Waals surface area contributed by atoms with E-state index in [0.29, 0.717) is 30.1 Å². The average molecular weight is 401 g/mol. The van der Waals surface area contributed by atoms with Gasteiger partial charge in [-0.05, 0) is 37.1 Å². The lowest BCUT2D eigenvalue weighted by Gasteiger charge is -2.32. The number of nitrogens with one attached hydrogen (secondary N) is 1. The van der Waals surface area contributed by atoms with Crippen molar-refractivity contribution in [2.75, 3.05) is 18.4 Å². The van der Waals surface area contributed by atoms with Gasteiger partial charge in [-0.3, -0.25) is 0 Å². The average Bonchev–Trinajstić information content (AvgIpc) is 2.61. The van der Waals surface area contributed by atoms with Crippen LogP contribution in [-0.4, -0.2) is 40.1 Å². The highest BCUT2D eigenvalue weighted by atomic mass is 35.5. The van der Waals surface area contributed by atoms with Gasteiger partial charge in [0.05, 0.1) is 6.54 Å². The molecule has 1 aliphatic heterocycles. The second kappa shape index (κ2) is 7.99. The highest BCUT2D eigenvalue weighted by Gasteiger charge is 2.33. The van der Waals surface area contributed by atoms with Gasteiger partial charge in [0, 0.05) is 23.5 Å². The molecule has 144 valence electrons. The van der Waals surface area contributed by atoms with Gasteiger partial charge in [0.15, 0.2) is 5.69 Å². The van der Waals surface area contributed by atoms with Crippen LogP contribution in [0.4, 0.5) is 23.7 Å². The number of aromatic nitrogens is 2. The molecule has 1 unspecified atom stereocenters. The summed E-state index contributed by atoms with van der Waals surface area (Å²) in [5, 5.41) is 3.23. The Morgan fingerprint density at radius 3 is 2.89 bits per heavy atom. The van der Waals surface area contributed by atoms with Crippen molar-refractivity contribution in [3.05, 3.63) is 47.2 Å². The first-order valence-electron chi connectivity index (χ1n) is 8.19. The molecule has 1 aromatic carbocycles. The summed E-state index contributed by atoms with van der Waals surface area (Å²) in [6, 6.07) is 6.81. The summed E-state index contributed by atoms with van der Waals surface area (Å²) in [6.07, 6.45) is -2.84. The molecule has 0 aliphatic carbocycles. The van der Waals surface area contributed by atoms with Crippen LogP contribution in [0, 0.1) is 0 Å². The van der Waals surface area contributed by atoms with Crippen LogP contribution in [-0.2, 0) is 6.18 Å². The lowest BCUT2D eigenvalue weighted by Crippen LogP contribution is -2.46. The summed E-state index contributed by atoms with van der Waals surface area (Å²) in [5.41, 5.74) is -0.518. The van der Waals surface area contributed by atoms with Gasteiger partial charge in [-0.2, -0.15) is 18.2 Å². The number of piperidine rings is 1. The first-order valence-corrected chi connectivity index (χ1v) is 8.57. The van der Waals surface area contributed by atoms with Crippen LogP contribution in [0.5, 0.6) is 6.01 Å². The van der Waals surface area contributed by atoms with E-state index in [2.05, 4.69) is 15.3 Å². The van der Waals surface area contributed by atoms with Crippen molar-refractivity contribution >= 4 is 23.3 Å². The fourth-order valence-electron chi connectivity index (χ4n) is 2.69. The monoisotopic (exact) mass is 400 g/mol. The van der Waals surface area contributed by atoms with Crippen molar-refractivity contribution in [3.63, 3.8) is 0 Å². The largest absolute Gasteiger partial charge is 0.458 e. The zero-order valence-electron chi connectivity index (χ0n) is 14.0. The molecule has 27 heavy (non-hydrogen) atoms. The molecule has 1 fully saturated rings. The predicted octanol–water partition coefficient (Wildman–Crippen LogP) is 4.22. The van der Waals surface area contributed by atoms with Crippen LogP contribution in [0.25, 0.3) is 0 Å². The number of likely N-dealkylation sites (tertiary alicyclic amines) is 1. The van der Waals surface area contributed by atoms with Crippen LogP contribution in [0.3, 0.4) is 0 Å². The van der Waals surface area contributed by atoms with Crippen LogP contribution in [0.15, 0.2) is 36.5 Å². The number of carbonyl (C=O) groups excluding carboxylic acids is 1. The molecule has 10 heteroatoms. The molecule has 1 atom stereocenters. The smallest absolute Gasteiger partial charge is 0.433 e. The molecule has 0 spiro atoms. The Bertz CT molecular complexity index is 819. The minimum atomic E-state index is -4.57. The maximum atomic E-state index is 12.7. The summed E-state index contributed by atoms with van der Waals surface area (Å²) in [4.78, 5) is 21.0. The maximum absolute atomic E-state index is 12.7. The van der Waals surface area contributed by atoms with E-state index in [9.17, 15) is 18.0 Å². The van der Waals surface area contributed by atoms with E-state index >= 15 is 0 Å². The fraction of sp³-hybridized carbons (Fsp3) is 0.353. The molecule has 1 saturated heterocycles. The molecule has 0 saturated carbocycles. The molecule has 1 aromatic heterocycles. The minimum Gasteiger partial charge on any atom is -0.458 e. The van der Waals surface area contributed by atoms with Crippen LogP contribution in [0.2, 0.25) is 5.02 Å². The lowest BCUT2D eigenvalue weighted by molar-refractivity contribution is -0.141. The number of hydrogen-bond donors (Lipinski definition) is 1. The Hall–Kier alpha value is -2.55. The molecule has 2 aromatic rings. The minimum absolute atomic E-state index is 0.214. The van der Waals surface area contributed by atoms with Crippen molar-refractivity contribution in [1.29, 1.82) is 0 Å². The summed E-state index contributed by atoms with van der Waals surface area (Å²) in [5.74, 6) is 0. The number of benzene rings is 1. The second-order valence-electron chi connectivity index (χ2n) is 5.99. The first-order chi connectivity index (χ1) is 12.8. The van der Waals surface area contributed by atoms with Crippen LogP contribution < -0.4 is 10.1 Å². The third kappa shape index (κ3) is 5.22. The van der Waals surface area contributed by atoms with Gasteiger partial charge in [-0.25, -0.2) is 9.78 Å². The Morgan fingerprint density at radius 1 is 1.33 bits per heavy atom. The first kappa shape index (κ1) is 19.2. The Morgan fingerprint density at radius 2 is 2.15 bits per heavy atom. The third-order valence-electron chi connectivity index (χ3n) is 3.94. The molecule has 3 rings (SSSR count). The summed E-state index contributed by atoms with van der Waals surface area (Å²) in [6.45, 7) is 0.724. The standard InChI is InChI=1S/C17H16ClF3N4O2/c18-11-3-1-4-12(9-11)23-16(26)25-8-2-5-13(10-25)27-15-22-7-6-14(24-15)17(19,20)21/h1,3-4,6-7,9,13H,2,5,8,10H2,(H,23,26). The number of nitrogens with zero attached hydrogens (tertiary/aromatic N) is 3. The number of alkyl halides is 3. The second-order valence-corrected chi connectivity index (χ2v) is 6.43. The molecule has 2 amide bonds. The van der Waals surface area contributed by atoms with Gasteiger partial charge in [0.2, 0.25) is 0 Å². The fourth-order valence-corrected chi connectivity index (χ4v) is 2.88. The normalized spacial score (nSPS) is 17.5. The number of halogens is 4. The van der Waals surface area contributed by atoms with Gasteiger partial charge < -0.3 is 15.0 Å². The van der Waals surface area contributed by atoms with Crippen LogP contribution >= 0.6 is 11.6 Å². The maximum Gasteiger partial charge on any atom is 0.433 e. The zero-order chi connectivity index (χ0) is 19.4. The number of rotatable bonds is 3. The Labute approximate surface area is 158 Å². The Balaban J connectivity index is 1.61.